The van der Waals surface area contributed by atoms with Crippen LogP contribution in [-0.2, 0) is 0 Å². The van der Waals surface area contributed by atoms with Crippen LogP contribution < -0.4 is 10.6 Å². The number of carbonyl (C=O) groups excluding carboxylic acids is 1. The van der Waals surface area contributed by atoms with Gasteiger partial charge in [0.1, 0.15) is 0 Å². The number of likely N-dealkylation sites (N-methyl/N-ethyl adjacent to an activating group) is 1. The average Bonchev–Trinajstić information content (AvgIpc) is 2.67. The quantitative estimate of drug-likeness (QED) is 0.836. The zero-order valence-electron chi connectivity index (χ0n) is 8.95. The Morgan fingerprint density at radius 1 is 1.60 bits per heavy atom. The lowest BCUT2D eigenvalue weighted by atomic mass is 10.3. The molecule has 1 atom stereocenters. The molecule has 0 spiro atoms. The van der Waals surface area contributed by atoms with E-state index in [1.54, 1.807) is 0 Å². The lowest BCUT2D eigenvalue weighted by Crippen LogP contribution is -2.38. The number of halogens is 1. The maximum Gasteiger partial charge on any atom is 0.252 e. The van der Waals surface area contributed by atoms with E-state index in [-0.39, 0.29) is 18.3 Å². The van der Waals surface area contributed by atoms with Gasteiger partial charge < -0.3 is 10.6 Å². The Bertz CT molecular complexity index is 277. The highest BCUT2D eigenvalue weighted by atomic mass is 35.5. The molecule has 0 aliphatic rings. The number of hydrogen-bond donors (Lipinski definition) is 2. The van der Waals surface area contributed by atoms with Crippen molar-refractivity contribution in [3.05, 3.63) is 22.4 Å². The molecule has 15 heavy (non-hydrogen) atoms. The second-order valence-electron chi connectivity index (χ2n) is 3.18. The average molecular weight is 249 g/mol. The number of nitrogens with one attached hydrogen (secondary N) is 2. The zero-order chi connectivity index (χ0) is 10.4. The van der Waals surface area contributed by atoms with Crippen LogP contribution >= 0.6 is 23.7 Å². The zero-order valence-corrected chi connectivity index (χ0v) is 10.6. The van der Waals surface area contributed by atoms with Gasteiger partial charge >= 0.3 is 0 Å². The molecule has 1 aromatic heterocycles. The summed E-state index contributed by atoms with van der Waals surface area (Å²) >= 11 is 1.54. The minimum absolute atomic E-state index is 0. The molecular weight excluding hydrogens is 232 g/mol. The van der Waals surface area contributed by atoms with Crippen molar-refractivity contribution < 1.29 is 4.79 Å². The van der Waals surface area contributed by atoms with Crippen molar-refractivity contribution >= 4 is 29.7 Å². The monoisotopic (exact) mass is 248 g/mol. The van der Waals surface area contributed by atoms with Crippen LogP contribution in [0.25, 0.3) is 0 Å². The molecule has 0 fully saturated rings. The molecule has 5 heteroatoms. The molecule has 0 aromatic carbocycles. The fraction of sp³-hybridized carbons (Fsp3) is 0.500. The van der Waals surface area contributed by atoms with Crippen molar-refractivity contribution in [1.29, 1.82) is 0 Å². The van der Waals surface area contributed by atoms with E-state index in [1.165, 1.54) is 11.3 Å². The first-order chi connectivity index (χ1) is 6.74. The van der Waals surface area contributed by atoms with Crippen molar-refractivity contribution in [3.63, 3.8) is 0 Å². The second kappa shape index (κ2) is 7.68. The third-order valence-corrected chi connectivity index (χ3v) is 2.59. The van der Waals surface area contributed by atoms with E-state index in [0.717, 1.165) is 12.1 Å². The summed E-state index contributed by atoms with van der Waals surface area (Å²) in [5.41, 5.74) is 0.749. The van der Waals surface area contributed by atoms with Crippen molar-refractivity contribution in [2.75, 3.05) is 13.1 Å². The third-order valence-electron chi connectivity index (χ3n) is 1.90. The third kappa shape index (κ3) is 5.16. The number of thiophene rings is 1. The molecule has 0 aliphatic heterocycles. The standard InChI is InChI=1S/C10H16N2OS.ClH/c1-3-11-8(2)6-12-10(13)9-4-5-14-7-9;/h4-5,7-8,11H,3,6H2,1-2H3,(H,12,13);1H/t8-;/m1./s1. The SMILES string of the molecule is CCN[C@H](C)CNC(=O)c1ccsc1.Cl. The Labute approximate surface area is 101 Å². The molecule has 2 N–H and O–H groups in total. The molecule has 0 aliphatic carbocycles. The van der Waals surface area contributed by atoms with Gasteiger partial charge in [0, 0.05) is 23.5 Å². The Hall–Kier alpha value is -0.580. The van der Waals surface area contributed by atoms with Crippen molar-refractivity contribution in [2.24, 2.45) is 0 Å². The predicted octanol–water partition coefficient (Wildman–Crippen LogP) is 1.90. The predicted molar refractivity (Wildman–Crippen MR) is 67.0 cm³/mol. The highest BCUT2D eigenvalue weighted by molar-refractivity contribution is 7.08. The molecule has 0 bridgehead atoms. The lowest BCUT2D eigenvalue weighted by Gasteiger charge is -2.12. The van der Waals surface area contributed by atoms with E-state index < -0.39 is 0 Å². The molecule has 0 saturated carbocycles. The molecule has 0 unspecified atom stereocenters. The molecular formula is C10H17ClN2OS. The topological polar surface area (TPSA) is 41.1 Å². The van der Waals surface area contributed by atoms with Crippen LogP contribution in [0.5, 0.6) is 0 Å². The molecule has 1 amide bonds. The van der Waals surface area contributed by atoms with Crippen LogP contribution in [0.15, 0.2) is 16.8 Å². The molecule has 1 rings (SSSR count). The molecule has 1 heterocycles. The van der Waals surface area contributed by atoms with Gasteiger partial charge in [-0.15, -0.1) is 12.4 Å². The molecule has 0 radical (unpaired) electrons. The van der Waals surface area contributed by atoms with Crippen LogP contribution in [0.4, 0.5) is 0 Å². The Balaban J connectivity index is 0.00000196. The van der Waals surface area contributed by atoms with E-state index in [4.69, 9.17) is 0 Å². The first-order valence-electron chi connectivity index (χ1n) is 4.77. The number of rotatable bonds is 5. The normalized spacial score (nSPS) is 11.6. The van der Waals surface area contributed by atoms with E-state index >= 15 is 0 Å². The van der Waals surface area contributed by atoms with Gasteiger partial charge in [-0.2, -0.15) is 11.3 Å². The van der Waals surface area contributed by atoms with E-state index in [1.807, 2.05) is 16.8 Å². The van der Waals surface area contributed by atoms with Gasteiger partial charge in [0.25, 0.3) is 5.91 Å². The van der Waals surface area contributed by atoms with Crippen molar-refractivity contribution in [1.82, 2.24) is 10.6 Å². The maximum absolute atomic E-state index is 11.5. The summed E-state index contributed by atoms with van der Waals surface area (Å²) in [6.45, 7) is 5.70. The van der Waals surface area contributed by atoms with Crippen LogP contribution in [0, 0.1) is 0 Å². The summed E-state index contributed by atoms with van der Waals surface area (Å²) in [4.78, 5) is 11.5. The van der Waals surface area contributed by atoms with Gasteiger partial charge in [-0.1, -0.05) is 6.92 Å². The first kappa shape index (κ1) is 14.4. The van der Waals surface area contributed by atoms with Crippen molar-refractivity contribution in [2.45, 2.75) is 19.9 Å². The van der Waals surface area contributed by atoms with E-state index in [9.17, 15) is 4.79 Å². The second-order valence-corrected chi connectivity index (χ2v) is 3.96. The molecule has 0 saturated heterocycles. The van der Waals surface area contributed by atoms with Crippen molar-refractivity contribution in [3.8, 4) is 0 Å². The van der Waals surface area contributed by atoms with Crippen LogP contribution in [0.3, 0.4) is 0 Å². The number of amides is 1. The summed E-state index contributed by atoms with van der Waals surface area (Å²) in [6.07, 6.45) is 0. The summed E-state index contributed by atoms with van der Waals surface area (Å²) in [7, 11) is 0. The molecule has 1 aromatic rings. The van der Waals surface area contributed by atoms with E-state index in [2.05, 4.69) is 24.5 Å². The van der Waals surface area contributed by atoms with Gasteiger partial charge in [-0.25, -0.2) is 0 Å². The van der Waals surface area contributed by atoms with Gasteiger partial charge in [0.15, 0.2) is 0 Å². The molecule has 3 nitrogen and oxygen atoms in total. The van der Waals surface area contributed by atoms with Crippen LogP contribution in [0.1, 0.15) is 24.2 Å². The summed E-state index contributed by atoms with van der Waals surface area (Å²) < 4.78 is 0. The highest BCUT2D eigenvalue weighted by Gasteiger charge is 2.06. The minimum atomic E-state index is 0. The Morgan fingerprint density at radius 2 is 2.33 bits per heavy atom. The largest absolute Gasteiger partial charge is 0.350 e. The number of hydrogen-bond acceptors (Lipinski definition) is 3. The van der Waals surface area contributed by atoms with Gasteiger partial charge in [-0.3, -0.25) is 4.79 Å². The maximum atomic E-state index is 11.5. The summed E-state index contributed by atoms with van der Waals surface area (Å²) in [6, 6.07) is 2.15. The van der Waals surface area contributed by atoms with Gasteiger partial charge in [0.2, 0.25) is 0 Å². The van der Waals surface area contributed by atoms with Gasteiger partial charge in [0.05, 0.1) is 0 Å². The van der Waals surface area contributed by atoms with E-state index in [0.29, 0.717) is 12.6 Å². The van der Waals surface area contributed by atoms with Gasteiger partial charge in [-0.05, 0) is 24.9 Å². The smallest absolute Gasteiger partial charge is 0.252 e. The number of carbonyl (C=O) groups is 1. The molecule has 86 valence electrons. The summed E-state index contributed by atoms with van der Waals surface area (Å²) in [5, 5.41) is 9.87. The van der Waals surface area contributed by atoms with Crippen LogP contribution in [0.2, 0.25) is 0 Å². The summed E-state index contributed by atoms with van der Waals surface area (Å²) in [5.74, 6) is 0.0102. The van der Waals surface area contributed by atoms with Crippen LogP contribution in [-0.4, -0.2) is 25.0 Å². The highest BCUT2D eigenvalue weighted by Crippen LogP contribution is 2.04. The fourth-order valence-electron chi connectivity index (χ4n) is 1.16. The fourth-order valence-corrected chi connectivity index (χ4v) is 1.80. The lowest BCUT2D eigenvalue weighted by molar-refractivity contribution is 0.0950. The first-order valence-corrected chi connectivity index (χ1v) is 5.72. The minimum Gasteiger partial charge on any atom is -0.350 e. The Kier molecular flexibility index (Phi) is 7.38. The Morgan fingerprint density at radius 3 is 2.87 bits per heavy atom.